The maximum absolute atomic E-state index is 10.0. The molecule has 0 aliphatic carbocycles. The van der Waals surface area contributed by atoms with Gasteiger partial charge in [-0.25, -0.2) is 0 Å². The molecule has 20 heavy (non-hydrogen) atoms. The summed E-state index contributed by atoms with van der Waals surface area (Å²) in [6.07, 6.45) is 4.68. The van der Waals surface area contributed by atoms with Crippen molar-refractivity contribution in [3.8, 4) is 5.75 Å². The number of aromatic hydroxyl groups is 1. The zero-order valence-corrected chi connectivity index (χ0v) is 12.8. The minimum atomic E-state index is 0.263. The number of piperidine rings is 1. The summed E-state index contributed by atoms with van der Waals surface area (Å²) in [6.45, 7) is 8.04. The third-order valence-corrected chi connectivity index (χ3v) is 4.28. The lowest BCUT2D eigenvalue weighted by atomic mass is 9.98. The highest BCUT2D eigenvalue weighted by Crippen LogP contribution is 2.27. The maximum Gasteiger partial charge on any atom is 0.120 e. The molecule has 3 nitrogen and oxygen atoms in total. The minimum absolute atomic E-state index is 0.263. The van der Waals surface area contributed by atoms with Crippen molar-refractivity contribution >= 4 is 0 Å². The van der Waals surface area contributed by atoms with E-state index >= 15 is 0 Å². The third-order valence-electron chi connectivity index (χ3n) is 4.28. The number of rotatable bonds is 6. The van der Waals surface area contributed by atoms with Gasteiger partial charge in [-0.3, -0.25) is 0 Å². The number of benzene rings is 1. The first kappa shape index (κ1) is 15.3. The number of nitrogens with one attached hydrogen (secondary N) is 1. The molecule has 0 amide bonds. The van der Waals surface area contributed by atoms with Crippen LogP contribution in [0.25, 0.3) is 0 Å². The number of likely N-dealkylation sites (tertiary alicyclic amines) is 1. The maximum atomic E-state index is 10.0. The average Bonchev–Trinajstić information content (AvgIpc) is 2.48. The van der Waals surface area contributed by atoms with Crippen molar-refractivity contribution in [3.05, 3.63) is 29.8 Å². The number of para-hydroxylation sites is 1. The van der Waals surface area contributed by atoms with Crippen LogP contribution in [0, 0.1) is 0 Å². The molecule has 0 spiro atoms. The normalized spacial score (nSPS) is 19.1. The number of hydrogen-bond acceptors (Lipinski definition) is 3. The SMILES string of the molecule is CCCN1CCC(NC(CC)c2ccccc2O)CC1. The molecule has 1 aromatic rings. The van der Waals surface area contributed by atoms with Gasteiger partial charge in [0.1, 0.15) is 5.75 Å². The van der Waals surface area contributed by atoms with Crippen LogP contribution < -0.4 is 5.32 Å². The Morgan fingerprint density at radius 1 is 1.25 bits per heavy atom. The van der Waals surface area contributed by atoms with Gasteiger partial charge in [-0.05, 0) is 51.4 Å². The minimum Gasteiger partial charge on any atom is -0.508 e. The molecule has 2 N–H and O–H groups in total. The quantitative estimate of drug-likeness (QED) is 0.837. The van der Waals surface area contributed by atoms with Gasteiger partial charge in [-0.2, -0.15) is 0 Å². The van der Waals surface area contributed by atoms with E-state index in [-0.39, 0.29) is 6.04 Å². The van der Waals surface area contributed by atoms with Crippen molar-refractivity contribution in [2.45, 2.75) is 51.6 Å². The van der Waals surface area contributed by atoms with Crippen molar-refractivity contribution in [3.63, 3.8) is 0 Å². The molecule has 1 aliphatic rings. The van der Waals surface area contributed by atoms with E-state index in [2.05, 4.69) is 24.1 Å². The molecule has 3 heteroatoms. The second-order valence-electron chi connectivity index (χ2n) is 5.80. The van der Waals surface area contributed by atoms with Crippen molar-refractivity contribution in [2.75, 3.05) is 19.6 Å². The summed E-state index contributed by atoms with van der Waals surface area (Å²) in [4.78, 5) is 2.55. The Balaban J connectivity index is 1.90. The lowest BCUT2D eigenvalue weighted by Gasteiger charge is -2.34. The van der Waals surface area contributed by atoms with Gasteiger partial charge in [0.2, 0.25) is 0 Å². The van der Waals surface area contributed by atoms with E-state index in [0.29, 0.717) is 11.8 Å². The van der Waals surface area contributed by atoms with E-state index in [1.54, 1.807) is 6.07 Å². The van der Waals surface area contributed by atoms with Gasteiger partial charge in [0.05, 0.1) is 0 Å². The van der Waals surface area contributed by atoms with Crippen LogP contribution in [0.15, 0.2) is 24.3 Å². The first-order valence-electron chi connectivity index (χ1n) is 8.00. The average molecular weight is 276 g/mol. The lowest BCUT2D eigenvalue weighted by molar-refractivity contribution is 0.190. The Morgan fingerprint density at radius 3 is 2.55 bits per heavy atom. The van der Waals surface area contributed by atoms with E-state index in [1.165, 1.54) is 38.9 Å². The highest BCUT2D eigenvalue weighted by atomic mass is 16.3. The molecule has 1 saturated heterocycles. The van der Waals surface area contributed by atoms with Gasteiger partial charge < -0.3 is 15.3 Å². The number of hydrogen-bond donors (Lipinski definition) is 2. The van der Waals surface area contributed by atoms with E-state index in [1.807, 2.05) is 18.2 Å². The Morgan fingerprint density at radius 2 is 1.95 bits per heavy atom. The Hall–Kier alpha value is -1.06. The zero-order valence-electron chi connectivity index (χ0n) is 12.8. The fourth-order valence-electron chi connectivity index (χ4n) is 3.13. The number of phenolic OH excluding ortho intramolecular Hbond substituents is 1. The first-order chi connectivity index (χ1) is 9.74. The van der Waals surface area contributed by atoms with Crippen molar-refractivity contribution < 1.29 is 5.11 Å². The molecule has 112 valence electrons. The molecule has 1 atom stereocenters. The summed E-state index contributed by atoms with van der Waals surface area (Å²) in [5.41, 5.74) is 1.03. The fraction of sp³-hybridized carbons (Fsp3) is 0.647. The van der Waals surface area contributed by atoms with E-state index in [9.17, 15) is 5.11 Å². The first-order valence-corrected chi connectivity index (χ1v) is 8.00. The number of nitrogens with zero attached hydrogens (tertiary/aromatic N) is 1. The van der Waals surface area contributed by atoms with Gasteiger partial charge in [0.25, 0.3) is 0 Å². The largest absolute Gasteiger partial charge is 0.508 e. The van der Waals surface area contributed by atoms with Gasteiger partial charge in [-0.1, -0.05) is 32.0 Å². The number of phenols is 1. The van der Waals surface area contributed by atoms with Gasteiger partial charge in [0, 0.05) is 17.6 Å². The zero-order chi connectivity index (χ0) is 14.4. The van der Waals surface area contributed by atoms with Crippen LogP contribution >= 0.6 is 0 Å². The highest BCUT2D eigenvalue weighted by Gasteiger charge is 2.22. The van der Waals surface area contributed by atoms with E-state index in [0.717, 1.165) is 12.0 Å². The van der Waals surface area contributed by atoms with Gasteiger partial charge >= 0.3 is 0 Å². The molecular weight excluding hydrogens is 248 g/mol. The monoisotopic (exact) mass is 276 g/mol. The smallest absolute Gasteiger partial charge is 0.120 e. The van der Waals surface area contributed by atoms with Crippen molar-refractivity contribution in [1.29, 1.82) is 0 Å². The molecule has 0 bridgehead atoms. The van der Waals surface area contributed by atoms with Crippen molar-refractivity contribution in [1.82, 2.24) is 10.2 Å². The van der Waals surface area contributed by atoms with Crippen molar-refractivity contribution in [2.24, 2.45) is 0 Å². The fourth-order valence-corrected chi connectivity index (χ4v) is 3.13. The third kappa shape index (κ3) is 3.97. The molecule has 1 aliphatic heterocycles. The van der Waals surface area contributed by atoms with Crippen LogP contribution in [-0.4, -0.2) is 35.7 Å². The Kier molecular flexibility index (Phi) is 5.86. The Labute approximate surface area is 123 Å². The predicted octanol–water partition coefficient (Wildman–Crippen LogP) is 3.31. The van der Waals surface area contributed by atoms with Crippen LogP contribution in [0.1, 0.15) is 51.1 Å². The molecule has 1 heterocycles. The van der Waals surface area contributed by atoms with Gasteiger partial charge in [0.15, 0.2) is 0 Å². The molecule has 2 rings (SSSR count). The summed E-state index contributed by atoms with van der Waals surface area (Å²) in [5, 5.41) is 13.7. The predicted molar refractivity (Wildman–Crippen MR) is 84.0 cm³/mol. The van der Waals surface area contributed by atoms with Crippen LogP contribution in [0.4, 0.5) is 0 Å². The molecule has 1 unspecified atom stereocenters. The van der Waals surface area contributed by atoms with Crippen LogP contribution in [0.2, 0.25) is 0 Å². The lowest BCUT2D eigenvalue weighted by Crippen LogP contribution is -2.43. The summed E-state index contributed by atoms with van der Waals surface area (Å²) in [5.74, 6) is 0.412. The molecule has 1 fully saturated rings. The van der Waals surface area contributed by atoms with Crippen LogP contribution in [0.5, 0.6) is 5.75 Å². The second kappa shape index (κ2) is 7.65. The Bertz CT molecular complexity index is 400. The van der Waals surface area contributed by atoms with E-state index in [4.69, 9.17) is 0 Å². The van der Waals surface area contributed by atoms with Crippen LogP contribution in [0.3, 0.4) is 0 Å². The molecule has 0 radical (unpaired) electrons. The molecule has 0 aromatic heterocycles. The summed E-state index contributed by atoms with van der Waals surface area (Å²) in [7, 11) is 0. The summed E-state index contributed by atoms with van der Waals surface area (Å²) < 4.78 is 0. The van der Waals surface area contributed by atoms with Gasteiger partial charge in [-0.15, -0.1) is 0 Å². The topological polar surface area (TPSA) is 35.5 Å². The molecule has 1 aromatic carbocycles. The highest BCUT2D eigenvalue weighted by molar-refractivity contribution is 5.34. The molecule has 0 saturated carbocycles. The molecular formula is C17H28N2O. The summed E-state index contributed by atoms with van der Waals surface area (Å²) in [6, 6.07) is 8.54. The second-order valence-corrected chi connectivity index (χ2v) is 5.80. The van der Waals surface area contributed by atoms with Crippen LogP contribution in [-0.2, 0) is 0 Å². The summed E-state index contributed by atoms with van der Waals surface area (Å²) >= 11 is 0. The standard InChI is InChI=1S/C17H28N2O/c1-3-11-19-12-9-14(10-13-19)18-16(4-2)15-7-5-6-8-17(15)20/h5-8,14,16,18,20H,3-4,9-13H2,1-2H3. The van der Waals surface area contributed by atoms with E-state index < -0.39 is 0 Å².